The highest BCUT2D eigenvalue weighted by Gasteiger charge is 2.43. The fraction of sp³-hybridized carbons (Fsp3) is 0.421. The van der Waals surface area contributed by atoms with E-state index in [0.717, 1.165) is 25.0 Å². The number of aromatic nitrogens is 1. The highest BCUT2D eigenvalue weighted by atomic mass is 16.6. The zero-order chi connectivity index (χ0) is 14.9. The number of fused-ring (bicyclic) bond motifs is 1. The second-order valence-electron chi connectivity index (χ2n) is 6.40. The van der Waals surface area contributed by atoms with Crippen molar-refractivity contribution in [3.63, 3.8) is 0 Å². The fourth-order valence-electron chi connectivity index (χ4n) is 3.77. The summed E-state index contributed by atoms with van der Waals surface area (Å²) in [7, 11) is 0. The van der Waals surface area contributed by atoms with Gasteiger partial charge in [0.15, 0.2) is 0 Å². The van der Waals surface area contributed by atoms with Crippen LogP contribution in [0.2, 0.25) is 0 Å². The highest BCUT2D eigenvalue weighted by Crippen LogP contribution is 2.46. The standard InChI is InChI=1S/C19H22N2O/c1-2-13-12-20-9-7-14(13)11-18-19(22-18)16-8-10-21-17-6-4-3-5-15(16)17/h2-6,8,10,13-14,18-20H,1,7,9,11-12H2. The van der Waals surface area contributed by atoms with E-state index in [0.29, 0.717) is 17.9 Å². The number of pyridine rings is 1. The zero-order valence-corrected chi connectivity index (χ0v) is 12.7. The first-order chi connectivity index (χ1) is 10.9. The van der Waals surface area contributed by atoms with Gasteiger partial charge in [0.05, 0.1) is 11.6 Å². The van der Waals surface area contributed by atoms with Crippen LogP contribution in [0, 0.1) is 11.8 Å². The summed E-state index contributed by atoms with van der Waals surface area (Å²) in [6.45, 7) is 6.17. The Kier molecular flexibility index (Phi) is 3.68. The molecule has 2 fully saturated rings. The van der Waals surface area contributed by atoms with Gasteiger partial charge in [-0.25, -0.2) is 0 Å². The van der Waals surface area contributed by atoms with Crippen LogP contribution in [0.4, 0.5) is 0 Å². The minimum atomic E-state index is 0.244. The summed E-state index contributed by atoms with van der Waals surface area (Å²) in [4.78, 5) is 4.44. The quantitative estimate of drug-likeness (QED) is 0.693. The first kappa shape index (κ1) is 13.9. The Labute approximate surface area is 131 Å². The average molecular weight is 294 g/mol. The normalized spacial score (nSPS) is 31.1. The summed E-state index contributed by atoms with van der Waals surface area (Å²) in [6, 6.07) is 10.4. The largest absolute Gasteiger partial charge is 0.364 e. The fourth-order valence-corrected chi connectivity index (χ4v) is 3.77. The van der Waals surface area contributed by atoms with E-state index in [1.165, 1.54) is 17.4 Å². The Morgan fingerprint density at radius 1 is 1.32 bits per heavy atom. The highest BCUT2D eigenvalue weighted by molar-refractivity contribution is 5.82. The molecule has 2 aliphatic heterocycles. The van der Waals surface area contributed by atoms with Crippen LogP contribution in [-0.2, 0) is 4.74 Å². The van der Waals surface area contributed by atoms with E-state index in [4.69, 9.17) is 4.74 Å². The maximum absolute atomic E-state index is 6.02. The molecule has 1 aromatic carbocycles. The minimum absolute atomic E-state index is 0.244. The number of rotatable bonds is 4. The van der Waals surface area contributed by atoms with Crippen LogP contribution in [-0.4, -0.2) is 24.2 Å². The van der Waals surface area contributed by atoms with Crippen molar-refractivity contribution < 1.29 is 4.74 Å². The third-order valence-corrected chi connectivity index (χ3v) is 5.09. The van der Waals surface area contributed by atoms with E-state index in [9.17, 15) is 0 Å². The van der Waals surface area contributed by atoms with Crippen LogP contribution in [0.5, 0.6) is 0 Å². The lowest BCUT2D eigenvalue weighted by atomic mass is 9.82. The van der Waals surface area contributed by atoms with E-state index in [-0.39, 0.29) is 6.10 Å². The molecule has 2 saturated heterocycles. The Bertz CT molecular complexity index is 679. The first-order valence-corrected chi connectivity index (χ1v) is 8.19. The topological polar surface area (TPSA) is 37.5 Å². The SMILES string of the molecule is C=CC1CNCCC1CC1OC1c1ccnc2ccccc12. The number of nitrogens with one attached hydrogen (secondary N) is 1. The van der Waals surface area contributed by atoms with Gasteiger partial charge >= 0.3 is 0 Å². The number of hydrogen-bond donors (Lipinski definition) is 1. The number of piperidine rings is 1. The molecule has 4 atom stereocenters. The first-order valence-electron chi connectivity index (χ1n) is 8.19. The zero-order valence-electron chi connectivity index (χ0n) is 12.7. The van der Waals surface area contributed by atoms with Gasteiger partial charge < -0.3 is 10.1 Å². The predicted octanol–water partition coefficient (Wildman–Crippen LogP) is 3.48. The minimum Gasteiger partial charge on any atom is -0.364 e. The number of ether oxygens (including phenoxy) is 1. The van der Waals surface area contributed by atoms with Gasteiger partial charge in [-0.05, 0) is 48.9 Å². The number of nitrogens with zero attached hydrogens (tertiary/aromatic N) is 1. The molecule has 1 aromatic heterocycles. The number of benzene rings is 1. The Morgan fingerprint density at radius 3 is 3.14 bits per heavy atom. The molecule has 3 nitrogen and oxygen atoms in total. The molecule has 2 aromatic rings. The summed E-state index contributed by atoms with van der Waals surface area (Å²) in [5, 5.41) is 4.68. The summed E-state index contributed by atoms with van der Waals surface area (Å²) >= 11 is 0. The predicted molar refractivity (Wildman–Crippen MR) is 88.6 cm³/mol. The van der Waals surface area contributed by atoms with Gasteiger partial charge in [-0.15, -0.1) is 6.58 Å². The maximum Gasteiger partial charge on any atom is 0.110 e. The van der Waals surface area contributed by atoms with Gasteiger partial charge in [-0.3, -0.25) is 4.98 Å². The van der Waals surface area contributed by atoms with E-state index in [1.807, 2.05) is 12.3 Å². The number of para-hydroxylation sites is 1. The average Bonchev–Trinajstić information content (AvgIpc) is 3.34. The van der Waals surface area contributed by atoms with Gasteiger partial charge in [0.1, 0.15) is 6.10 Å². The third-order valence-electron chi connectivity index (χ3n) is 5.09. The van der Waals surface area contributed by atoms with Gasteiger partial charge in [0.2, 0.25) is 0 Å². The molecular weight excluding hydrogens is 272 g/mol. The molecule has 0 aliphatic carbocycles. The van der Waals surface area contributed by atoms with Crippen molar-refractivity contribution in [3.05, 3.63) is 54.7 Å². The number of epoxide rings is 1. The molecule has 0 radical (unpaired) electrons. The Morgan fingerprint density at radius 2 is 2.23 bits per heavy atom. The van der Waals surface area contributed by atoms with Crippen LogP contribution in [0.1, 0.15) is 24.5 Å². The molecule has 0 saturated carbocycles. The molecule has 0 amide bonds. The lowest BCUT2D eigenvalue weighted by Gasteiger charge is -2.29. The maximum atomic E-state index is 6.02. The Hall–Kier alpha value is -1.71. The molecule has 0 bridgehead atoms. The van der Waals surface area contributed by atoms with Crippen molar-refractivity contribution in [2.75, 3.05) is 13.1 Å². The van der Waals surface area contributed by atoms with E-state index < -0.39 is 0 Å². The van der Waals surface area contributed by atoms with Crippen LogP contribution in [0.15, 0.2) is 49.2 Å². The van der Waals surface area contributed by atoms with Crippen LogP contribution in [0.25, 0.3) is 10.9 Å². The van der Waals surface area contributed by atoms with Gasteiger partial charge in [-0.2, -0.15) is 0 Å². The van der Waals surface area contributed by atoms with E-state index >= 15 is 0 Å². The third kappa shape index (κ3) is 2.55. The summed E-state index contributed by atoms with van der Waals surface area (Å²) in [5.41, 5.74) is 2.35. The van der Waals surface area contributed by atoms with Gasteiger partial charge in [0.25, 0.3) is 0 Å². The van der Waals surface area contributed by atoms with Crippen molar-refractivity contribution in [1.82, 2.24) is 10.3 Å². The lowest BCUT2D eigenvalue weighted by Crippen LogP contribution is -2.36. The van der Waals surface area contributed by atoms with E-state index in [1.54, 1.807) is 0 Å². The van der Waals surface area contributed by atoms with E-state index in [2.05, 4.69) is 47.2 Å². The van der Waals surface area contributed by atoms with Crippen molar-refractivity contribution in [1.29, 1.82) is 0 Å². The van der Waals surface area contributed by atoms with Crippen molar-refractivity contribution in [2.45, 2.75) is 25.0 Å². The molecule has 0 spiro atoms. The molecule has 1 N–H and O–H groups in total. The molecule has 4 unspecified atom stereocenters. The van der Waals surface area contributed by atoms with Crippen LogP contribution >= 0.6 is 0 Å². The Balaban J connectivity index is 1.50. The molecule has 3 heterocycles. The monoisotopic (exact) mass is 294 g/mol. The molecular formula is C19H22N2O. The second-order valence-corrected chi connectivity index (χ2v) is 6.40. The molecule has 114 valence electrons. The molecule has 4 rings (SSSR count). The second kappa shape index (κ2) is 5.82. The lowest BCUT2D eigenvalue weighted by molar-refractivity contribution is 0.253. The van der Waals surface area contributed by atoms with Crippen LogP contribution < -0.4 is 5.32 Å². The van der Waals surface area contributed by atoms with Crippen molar-refractivity contribution >= 4 is 10.9 Å². The van der Waals surface area contributed by atoms with Gasteiger partial charge in [0, 0.05) is 18.1 Å². The summed E-state index contributed by atoms with van der Waals surface area (Å²) < 4.78 is 6.02. The number of hydrogen-bond acceptors (Lipinski definition) is 3. The summed E-state index contributed by atoms with van der Waals surface area (Å²) in [6.07, 6.45) is 6.97. The molecule has 2 aliphatic rings. The smallest absolute Gasteiger partial charge is 0.110 e. The molecule has 22 heavy (non-hydrogen) atoms. The summed E-state index contributed by atoms with van der Waals surface area (Å²) in [5.74, 6) is 1.27. The van der Waals surface area contributed by atoms with Crippen LogP contribution in [0.3, 0.4) is 0 Å². The van der Waals surface area contributed by atoms with Crippen molar-refractivity contribution in [3.8, 4) is 0 Å². The van der Waals surface area contributed by atoms with Crippen molar-refractivity contribution in [2.24, 2.45) is 11.8 Å². The molecule has 3 heteroatoms. The van der Waals surface area contributed by atoms with Gasteiger partial charge in [-0.1, -0.05) is 24.3 Å².